The number of hydrogen-bond donors (Lipinski definition) is 1. The molecule has 1 saturated heterocycles. The minimum Gasteiger partial charge on any atom is -0.481 e. The molecule has 1 aliphatic rings. The van der Waals surface area contributed by atoms with Crippen LogP contribution in [0.4, 0.5) is 0 Å². The first-order valence-electron chi connectivity index (χ1n) is 7.88. The smallest absolute Gasteiger partial charge is 0.303 e. The van der Waals surface area contributed by atoms with E-state index in [1.165, 1.54) is 4.90 Å². The van der Waals surface area contributed by atoms with Crippen LogP contribution in [-0.2, 0) is 9.59 Å². The maximum atomic E-state index is 12.5. The monoisotopic (exact) mass is 441 g/mol. The summed E-state index contributed by atoms with van der Waals surface area (Å²) >= 11 is 18.6. The summed E-state index contributed by atoms with van der Waals surface area (Å²) in [6, 6.07) is 8.72. The molecule has 3 rings (SSSR count). The molecule has 1 amide bonds. The summed E-state index contributed by atoms with van der Waals surface area (Å²) in [5, 5.41) is 9.53. The van der Waals surface area contributed by atoms with Crippen molar-refractivity contribution in [2.45, 2.75) is 12.8 Å². The Morgan fingerprint density at radius 2 is 2.07 bits per heavy atom. The number of nitrogens with zero attached hydrogens (tertiary/aromatic N) is 1. The van der Waals surface area contributed by atoms with Crippen LogP contribution >= 0.6 is 47.2 Å². The second kappa shape index (κ2) is 8.48. The van der Waals surface area contributed by atoms with Crippen LogP contribution in [0.2, 0.25) is 10.0 Å². The lowest BCUT2D eigenvalue weighted by Crippen LogP contribution is -2.29. The molecule has 0 atom stereocenters. The molecule has 27 heavy (non-hydrogen) atoms. The summed E-state index contributed by atoms with van der Waals surface area (Å²) in [5.74, 6) is -0.148. The minimum atomic E-state index is -0.904. The van der Waals surface area contributed by atoms with Crippen molar-refractivity contribution in [3.05, 3.63) is 51.0 Å². The van der Waals surface area contributed by atoms with Gasteiger partial charge in [0.25, 0.3) is 5.91 Å². The first-order chi connectivity index (χ1) is 12.9. The van der Waals surface area contributed by atoms with Gasteiger partial charge in [-0.1, -0.05) is 53.2 Å². The fourth-order valence-electron chi connectivity index (χ4n) is 2.48. The molecule has 1 fully saturated rings. The summed E-state index contributed by atoms with van der Waals surface area (Å²) in [4.78, 5) is 24.9. The van der Waals surface area contributed by atoms with Gasteiger partial charge in [-0.3, -0.25) is 14.5 Å². The molecular formula is C18H13Cl2NO4S2. The van der Waals surface area contributed by atoms with Crippen molar-refractivity contribution >= 4 is 69.5 Å². The summed E-state index contributed by atoms with van der Waals surface area (Å²) in [6.07, 6.45) is 1.93. The molecule has 1 N–H and O–H groups in total. The van der Waals surface area contributed by atoms with Gasteiger partial charge in [-0.05, 0) is 30.7 Å². The van der Waals surface area contributed by atoms with E-state index in [9.17, 15) is 9.59 Å². The predicted octanol–water partition coefficient (Wildman–Crippen LogP) is 5.32. The zero-order valence-electron chi connectivity index (χ0n) is 13.8. The number of thioether (sulfide) groups is 1. The number of furan rings is 1. The molecule has 5 nitrogen and oxygen atoms in total. The Morgan fingerprint density at radius 3 is 2.81 bits per heavy atom. The van der Waals surface area contributed by atoms with E-state index in [1.54, 1.807) is 36.4 Å². The average Bonchev–Trinajstić information content (AvgIpc) is 3.17. The van der Waals surface area contributed by atoms with Gasteiger partial charge in [-0.25, -0.2) is 0 Å². The van der Waals surface area contributed by atoms with E-state index in [4.69, 9.17) is 44.9 Å². The first-order valence-corrected chi connectivity index (χ1v) is 9.86. The fraction of sp³-hybridized carbons (Fsp3) is 0.167. The molecule has 2 aromatic rings. The fourth-order valence-corrected chi connectivity index (χ4v) is 4.16. The van der Waals surface area contributed by atoms with Crippen molar-refractivity contribution in [1.82, 2.24) is 4.90 Å². The lowest BCUT2D eigenvalue weighted by Gasteiger charge is -2.13. The molecule has 0 saturated carbocycles. The Labute approximate surface area is 174 Å². The number of carbonyl (C=O) groups is 2. The normalized spacial score (nSPS) is 15.8. The van der Waals surface area contributed by atoms with Crippen molar-refractivity contribution in [2.75, 3.05) is 6.54 Å². The van der Waals surface area contributed by atoms with Crippen LogP contribution in [0.3, 0.4) is 0 Å². The van der Waals surface area contributed by atoms with Crippen LogP contribution in [0.25, 0.3) is 17.4 Å². The number of carboxylic acids is 1. The van der Waals surface area contributed by atoms with E-state index in [0.29, 0.717) is 42.8 Å². The average molecular weight is 442 g/mol. The van der Waals surface area contributed by atoms with Crippen LogP contribution in [0.5, 0.6) is 0 Å². The van der Waals surface area contributed by atoms with E-state index in [2.05, 4.69) is 0 Å². The highest BCUT2D eigenvalue weighted by atomic mass is 35.5. The molecule has 1 aromatic carbocycles. The second-order valence-electron chi connectivity index (χ2n) is 5.63. The number of hydrogen-bond acceptors (Lipinski definition) is 5. The minimum absolute atomic E-state index is 0.0158. The molecular weight excluding hydrogens is 429 g/mol. The molecule has 0 radical (unpaired) electrons. The zero-order chi connectivity index (χ0) is 19.6. The zero-order valence-corrected chi connectivity index (χ0v) is 16.9. The van der Waals surface area contributed by atoms with Crippen molar-refractivity contribution in [2.24, 2.45) is 0 Å². The van der Waals surface area contributed by atoms with Crippen molar-refractivity contribution in [1.29, 1.82) is 0 Å². The Kier molecular flexibility index (Phi) is 6.26. The quantitative estimate of drug-likeness (QED) is 0.483. The summed E-state index contributed by atoms with van der Waals surface area (Å²) in [7, 11) is 0. The lowest BCUT2D eigenvalue weighted by atomic mass is 10.2. The summed E-state index contributed by atoms with van der Waals surface area (Å²) in [6.45, 7) is 0.274. The highest BCUT2D eigenvalue weighted by Gasteiger charge is 2.32. The summed E-state index contributed by atoms with van der Waals surface area (Å²) < 4.78 is 6.18. The Morgan fingerprint density at radius 1 is 1.30 bits per heavy atom. The highest BCUT2D eigenvalue weighted by molar-refractivity contribution is 8.26. The van der Waals surface area contributed by atoms with Gasteiger partial charge in [0.1, 0.15) is 15.8 Å². The van der Waals surface area contributed by atoms with Crippen LogP contribution in [0.15, 0.2) is 39.7 Å². The molecule has 2 heterocycles. The number of carboxylic acid groups (broad SMARTS) is 1. The molecule has 0 aliphatic carbocycles. The molecule has 0 spiro atoms. The van der Waals surface area contributed by atoms with E-state index < -0.39 is 5.97 Å². The van der Waals surface area contributed by atoms with Crippen molar-refractivity contribution in [3.8, 4) is 11.3 Å². The molecule has 9 heteroatoms. The lowest BCUT2D eigenvalue weighted by molar-refractivity contribution is -0.137. The number of aliphatic carboxylic acids is 1. The van der Waals surface area contributed by atoms with E-state index in [1.807, 2.05) is 0 Å². The Balaban J connectivity index is 1.77. The first kappa shape index (κ1) is 19.9. The predicted molar refractivity (Wildman–Crippen MR) is 111 cm³/mol. The SMILES string of the molecule is O=C(O)CCCN1C(=O)/C(=C/c2ccc(-c3cccc(Cl)c3Cl)o2)SC1=S. The Bertz CT molecular complexity index is 955. The van der Waals surface area contributed by atoms with Gasteiger partial charge in [0.05, 0.1) is 15.0 Å². The molecule has 0 unspecified atom stereocenters. The number of halogens is 2. The van der Waals surface area contributed by atoms with Crippen LogP contribution < -0.4 is 0 Å². The maximum Gasteiger partial charge on any atom is 0.303 e. The highest BCUT2D eigenvalue weighted by Crippen LogP contribution is 2.36. The van der Waals surface area contributed by atoms with Gasteiger partial charge in [0, 0.05) is 24.6 Å². The maximum absolute atomic E-state index is 12.5. The molecule has 1 aromatic heterocycles. The van der Waals surface area contributed by atoms with Crippen molar-refractivity contribution in [3.63, 3.8) is 0 Å². The third kappa shape index (κ3) is 4.55. The van der Waals surface area contributed by atoms with Gasteiger partial charge in [0.2, 0.25) is 0 Å². The largest absolute Gasteiger partial charge is 0.481 e. The van der Waals surface area contributed by atoms with Crippen molar-refractivity contribution < 1.29 is 19.1 Å². The van der Waals surface area contributed by atoms with E-state index in [-0.39, 0.29) is 18.9 Å². The number of benzene rings is 1. The third-order valence-corrected chi connectivity index (χ3v) is 5.96. The van der Waals surface area contributed by atoms with Gasteiger partial charge in [-0.2, -0.15) is 0 Å². The topological polar surface area (TPSA) is 70.8 Å². The number of amides is 1. The number of carbonyl (C=O) groups excluding carboxylic acids is 1. The van der Waals surface area contributed by atoms with Crippen LogP contribution in [0, 0.1) is 0 Å². The molecule has 140 valence electrons. The Hall–Kier alpha value is -1.80. The van der Waals surface area contributed by atoms with Crippen LogP contribution in [0.1, 0.15) is 18.6 Å². The molecule has 1 aliphatic heterocycles. The number of thiocarbonyl (C=S) groups is 1. The van der Waals surface area contributed by atoms with Gasteiger partial charge in [-0.15, -0.1) is 0 Å². The van der Waals surface area contributed by atoms with Gasteiger partial charge in [0.15, 0.2) is 0 Å². The molecule has 0 bridgehead atoms. The number of rotatable bonds is 6. The van der Waals surface area contributed by atoms with Gasteiger partial charge < -0.3 is 9.52 Å². The summed E-state index contributed by atoms with van der Waals surface area (Å²) in [5.41, 5.74) is 0.657. The van der Waals surface area contributed by atoms with E-state index >= 15 is 0 Å². The van der Waals surface area contributed by atoms with Crippen LogP contribution in [-0.4, -0.2) is 32.7 Å². The van der Waals surface area contributed by atoms with E-state index in [0.717, 1.165) is 11.8 Å². The second-order valence-corrected chi connectivity index (χ2v) is 8.09. The van der Waals surface area contributed by atoms with Gasteiger partial charge >= 0.3 is 5.97 Å². The third-order valence-electron chi connectivity index (χ3n) is 3.76. The standard InChI is InChI=1S/C18H13Cl2NO4S2/c19-12-4-1-3-11(16(12)20)13-7-6-10(25-13)9-14-17(24)21(18(26)27-14)8-2-5-15(22)23/h1,3-4,6-7,9H,2,5,8H2,(H,22,23)/b14-9-.